The van der Waals surface area contributed by atoms with Gasteiger partial charge >= 0.3 is 0 Å². The molecule has 180 valence electrons. The Balaban J connectivity index is 1.59. The van der Waals surface area contributed by atoms with Gasteiger partial charge in [-0.3, -0.25) is 14.4 Å². The Kier molecular flexibility index (Phi) is 6.43. The highest BCUT2D eigenvalue weighted by molar-refractivity contribution is 7.17. The number of ketones is 1. The molecule has 8 nitrogen and oxygen atoms in total. The largest absolute Gasteiger partial charge is 0.366 e. The number of aryl methyl sites for hydroxylation is 1. The van der Waals surface area contributed by atoms with E-state index in [4.69, 9.17) is 22.1 Å². The molecule has 0 radical (unpaired) electrons. The number of carbonyl (C=O) groups is 3. The molecule has 0 spiro atoms. The summed E-state index contributed by atoms with van der Waals surface area (Å²) in [5, 5.41) is 7.60. The second-order valence-electron chi connectivity index (χ2n) is 9.36. The number of carbonyl (C=O) groups excluding carboxylic acids is 3. The molecule has 1 aliphatic carbocycles. The molecule has 0 bridgehead atoms. The monoisotopic (exact) mass is 502 g/mol. The minimum Gasteiger partial charge on any atom is -0.366 e. The van der Waals surface area contributed by atoms with Crippen molar-refractivity contribution in [3.05, 3.63) is 34.5 Å². The summed E-state index contributed by atoms with van der Waals surface area (Å²) in [6.07, 6.45) is 6.06. The van der Waals surface area contributed by atoms with Crippen molar-refractivity contribution in [2.75, 3.05) is 13.2 Å². The first-order valence-electron chi connectivity index (χ1n) is 11.7. The zero-order chi connectivity index (χ0) is 24.0. The number of primary amides is 1. The van der Waals surface area contributed by atoms with Gasteiger partial charge in [0.05, 0.1) is 28.1 Å². The number of aromatic nitrogens is 2. The van der Waals surface area contributed by atoms with E-state index in [1.54, 1.807) is 11.1 Å². The highest BCUT2D eigenvalue weighted by Gasteiger charge is 2.53. The lowest BCUT2D eigenvalue weighted by atomic mass is 9.75. The van der Waals surface area contributed by atoms with Gasteiger partial charge in [0.2, 0.25) is 5.91 Å². The predicted octanol–water partition coefficient (Wildman–Crippen LogP) is 3.06. The zero-order valence-corrected chi connectivity index (χ0v) is 20.5. The van der Waals surface area contributed by atoms with Gasteiger partial charge in [0.1, 0.15) is 18.8 Å². The molecule has 5 rings (SSSR count). The number of fused-ring (bicyclic) bond motifs is 1. The number of hydrogen-bond donors (Lipinski definition) is 1. The molecule has 2 aliphatic heterocycles. The third-order valence-electron chi connectivity index (χ3n) is 7.28. The molecule has 0 aromatic carbocycles. The molecular formula is C24H27ClN4O4S. The first-order chi connectivity index (χ1) is 16.4. The number of Topliss-reactive ketones (excluding diaryl/α,β-unsaturated/α-hetero) is 1. The van der Waals surface area contributed by atoms with Crippen LogP contribution in [-0.4, -0.2) is 63.4 Å². The average Bonchev–Trinajstić information content (AvgIpc) is 3.51. The van der Waals surface area contributed by atoms with Crippen LogP contribution in [0.3, 0.4) is 0 Å². The third-order valence-corrected chi connectivity index (χ3v) is 8.87. The number of halogens is 1. The van der Waals surface area contributed by atoms with E-state index in [1.165, 1.54) is 11.3 Å². The fourth-order valence-corrected chi connectivity index (χ4v) is 7.18. The number of thiophene rings is 1. The quantitative estimate of drug-likeness (QED) is 0.628. The lowest BCUT2D eigenvalue weighted by Gasteiger charge is -2.34. The van der Waals surface area contributed by atoms with Crippen LogP contribution in [0.5, 0.6) is 0 Å². The molecule has 10 heteroatoms. The molecule has 4 atom stereocenters. The van der Waals surface area contributed by atoms with Crippen LogP contribution in [0.4, 0.5) is 0 Å². The highest BCUT2D eigenvalue weighted by atomic mass is 35.5. The number of hydrogen-bond acceptors (Lipinski definition) is 7. The first kappa shape index (κ1) is 23.4. The third kappa shape index (κ3) is 4.03. The van der Waals surface area contributed by atoms with E-state index in [1.807, 2.05) is 19.1 Å². The van der Waals surface area contributed by atoms with E-state index < -0.39 is 29.3 Å². The van der Waals surface area contributed by atoms with Crippen molar-refractivity contribution < 1.29 is 19.1 Å². The number of nitrogens with zero attached hydrogens (tertiary/aromatic N) is 3. The lowest BCUT2D eigenvalue weighted by Crippen LogP contribution is -2.46. The van der Waals surface area contributed by atoms with Crippen molar-refractivity contribution in [1.82, 2.24) is 15.1 Å². The molecule has 1 saturated carbocycles. The summed E-state index contributed by atoms with van der Waals surface area (Å²) in [6, 6.07) is 3.09. The van der Waals surface area contributed by atoms with Crippen LogP contribution in [-0.2, 0) is 14.3 Å². The van der Waals surface area contributed by atoms with Gasteiger partial charge in [-0.2, -0.15) is 10.2 Å². The zero-order valence-electron chi connectivity index (χ0n) is 18.9. The Morgan fingerprint density at radius 2 is 2.06 bits per heavy atom. The van der Waals surface area contributed by atoms with Crippen LogP contribution in [0, 0.1) is 12.8 Å². The Hall–Kier alpha value is -2.36. The number of nitrogens with two attached hydrogens (primary N) is 1. The fourth-order valence-electron chi connectivity index (χ4n) is 5.68. The molecule has 3 aliphatic rings. The second kappa shape index (κ2) is 9.36. The summed E-state index contributed by atoms with van der Waals surface area (Å²) in [5.74, 6) is -1.36. The Morgan fingerprint density at radius 1 is 1.29 bits per heavy atom. The molecule has 2 aromatic rings. The Labute approximate surface area is 206 Å². The number of alkyl halides is 1. The van der Waals surface area contributed by atoms with Crippen LogP contribution in [0.15, 0.2) is 18.3 Å². The highest BCUT2D eigenvalue weighted by Crippen LogP contribution is 2.45. The van der Waals surface area contributed by atoms with E-state index in [9.17, 15) is 14.4 Å². The maximum Gasteiger partial charge on any atom is 0.259 e. The van der Waals surface area contributed by atoms with Crippen molar-refractivity contribution >= 4 is 40.5 Å². The normalized spacial score (nSPS) is 26.0. The predicted molar refractivity (Wildman–Crippen MR) is 128 cm³/mol. The number of rotatable bonds is 5. The smallest absolute Gasteiger partial charge is 0.259 e. The van der Waals surface area contributed by atoms with Crippen molar-refractivity contribution in [2.45, 2.75) is 62.5 Å². The SMILES string of the molecule is Cc1nnccc1-c1cc([C@@H](C(=O)N2C[C@H](Cl)[C@H]3OCC(=O)[C@H]32)C2CCCCC2)c(C(N)=O)s1. The average molecular weight is 503 g/mol. The standard InChI is InChI=1S/C24H27ClN4O4S/c1-12-14(7-8-27-28-12)18-9-15(22(34-18)23(26)31)19(13-5-3-2-4-6-13)24(32)29-10-16(25)21-20(29)17(30)11-33-21/h7-9,13,16,19-21H,2-6,10-11H2,1H3,(H2,26,31)/t16-,19-,20+,21+/m0/s1. The van der Waals surface area contributed by atoms with Crippen molar-refractivity contribution in [3.8, 4) is 10.4 Å². The van der Waals surface area contributed by atoms with E-state index >= 15 is 0 Å². The van der Waals surface area contributed by atoms with Gasteiger partial charge in [-0.1, -0.05) is 19.3 Å². The fraction of sp³-hybridized carbons (Fsp3) is 0.542. The van der Waals surface area contributed by atoms with Gasteiger partial charge < -0.3 is 15.4 Å². The molecule has 34 heavy (non-hydrogen) atoms. The van der Waals surface area contributed by atoms with Crippen LogP contribution in [0.25, 0.3) is 10.4 Å². The summed E-state index contributed by atoms with van der Waals surface area (Å²) in [7, 11) is 0. The van der Waals surface area contributed by atoms with Gasteiger partial charge in [-0.15, -0.1) is 22.9 Å². The molecule has 2 amide bonds. The van der Waals surface area contributed by atoms with Gasteiger partial charge in [0, 0.05) is 17.0 Å². The van der Waals surface area contributed by atoms with Crippen LogP contribution in [0.2, 0.25) is 0 Å². The molecular weight excluding hydrogens is 476 g/mol. The molecule has 2 N–H and O–H groups in total. The van der Waals surface area contributed by atoms with Gasteiger partial charge in [0.25, 0.3) is 5.91 Å². The van der Waals surface area contributed by atoms with Crippen molar-refractivity contribution in [2.24, 2.45) is 11.7 Å². The maximum absolute atomic E-state index is 14.2. The summed E-state index contributed by atoms with van der Waals surface area (Å²) in [5.41, 5.74) is 8.04. The number of amides is 2. The summed E-state index contributed by atoms with van der Waals surface area (Å²) >= 11 is 7.76. The molecule has 4 heterocycles. The van der Waals surface area contributed by atoms with Gasteiger partial charge in [-0.25, -0.2) is 0 Å². The van der Waals surface area contributed by atoms with Crippen molar-refractivity contribution in [3.63, 3.8) is 0 Å². The van der Waals surface area contributed by atoms with E-state index in [2.05, 4.69) is 10.2 Å². The number of ether oxygens (including phenoxy) is 1. The molecule has 3 fully saturated rings. The first-order valence-corrected chi connectivity index (χ1v) is 12.9. The summed E-state index contributed by atoms with van der Waals surface area (Å²) < 4.78 is 5.59. The summed E-state index contributed by atoms with van der Waals surface area (Å²) in [4.78, 5) is 42.1. The second-order valence-corrected chi connectivity index (χ2v) is 11.0. The van der Waals surface area contributed by atoms with Crippen LogP contribution >= 0.6 is 22.9 Å². The number of likely N-dealkylation sites (tertiary alicyclic amines) is 1. The summed E-state index contributed by atoms with van der Waals surface area (Å²) in [6.45, 7) is 2.08. The van der Waals surface area contributed by atoms with E-state index in [-0.39, 0.29) is 30.8 Å². The van der Waals surface area contributed by atoms with E-state index in [0.717, 1.165) is 48.2 Å². The molecule has 2 aromatic heterocycles. The molecule has 0 unspecified atom stereocenters. The van der Waals surface area contributed by atoms with Crippen LogP contribution in [0.1, 0.15) is 59.0 Å². The van der Waals surface area contributed by atoms with Crippen LogP contribution < -0.4 is 5.73 Å². The van der Waals surface area contributed by atoms with Gasteiger partial charge in [-0.05, 0) is 43.4 Å². The van der Waals surface area contributed by atoms with E-state index in [0.29, 0.717) is 10.4 Å². The maximum atomic E-state index is 14.2. The molecule has 2 saturated heterocycles. The van der Waals surface area contributed by atoms with Gasteiger partial charge in [0.15, 0.2) is 5.78 Å². The lowest BCUT2D eigenvalue weighted by molar-refractivity contribution is -0.139. The Bertz CT molecular complexity index is 1130. The topological polar surface area (TPSA) is 115 Å². The minimum absolute atomic E-state index is 0.0279. The Morgan fingerprint density at radius 3 is 2.76 bits per heavy atom. The minimum atomic E-state index is -0.664. The van der Waals surface area contributed by atoms with Crippen molar-refractivity contribution in [1.29, 1.82) is 0 Å².